The molecule has 4 heteroatoms. The van der Waals surface area contributed by atoms with E-state index in [2.05, 4.69) is 37.2 Å². The van der Waals surface area contributed by atoms with Crippen molar-refractivity contribution in [1.82, 2.24) is 0 Å². The van der Waals surface area contributed by atoms with Crippen molar-refractivity contribution in [2.24, 2.45) is 0 Å². The molecule has 0 spiro atoms. The van der Waals surface area contributed by atoms with Crippen LogP contribution >= 0.6 is 31.9 Å². The van der Waals surface area contributed by atoms with Crippen molar-refractivity contribution in [2.45, 2.75) is 25.1 Å². The van der Waals surface area contributed by atoms with Gasteiger partial charge in [-0.3, -0.25) is 4.79 Å². The Hall–Kier alpha value is -0.350. The first-order chi connectivity index (χ1) is 7.04. The third-order valence-electron chi connectivity index (χ3n) is 2.03. The van der Waals surface area contributed by atoms with Crippen LogP contribution in [0.25, 0.3) is 0 Å². The maximum Gasteiger partial charge on any atom is 0.238 e. The van der Waals surface area contributed by atoms with Gasteiger partial charge in [0.1, 0.15) is 0 Å². The van der Waals surface area contributed by atoms with Crippen LogP contribution in [0.4, 0.5) is 5.69 Å². The Morgan fingerprint density at radius 1 is 1.53 bits per heavy atom. The highest BCUT2D eigenvalue weighted by Crippen LogP contribution is 2.24. The normalized spacial score (nSPS) is 12.3. The molecule has 15 heavy (non-hydrogen) atoms. The third kappa shape index (κ3) is 3.61. The number of amides is 1. The molecular weight excluding hydrogens is 322 g/mol. The number of anilines is 1. The van der Waals surface area contributed by atoms with Crippen LogP contribution in [0.2, 0.25) is 0 Å². The second-order valence-corrected chi connectivity index (χ2v) is 5.31. The molecule has 0 aromatic heterocycles. The molecule has 1 N–H and O–H groups in total. The second-order valence-electron chi connectivity index (χ2n) is 3.35. The molecule has 1 amide bonds. The molecule has 1 rings (SSSR count). The molecule has 1 aromatic carbocycles. The predicted octanol–water partition coefficient (Wildman–Crippen LogP) is 3.87. The number of alkyl halides is 1. The van der Waals surface area contributed by atoms with E-state index >= 15 is 0 Å². The van der Waals surface area contributed by atoms with Gasteiger partial charge in [0.2, 0.25) is 5.91 Å². The number of halogens is 2. The van der Waals surface area contributed by atoms with Gasteiger partial charge in [-0.2, -0.15) is 0 Å². The average Bonchev–Trinajstić information content (AvgIpc) is 2.20. The molecule has 1 atom stereocenters. The first-order valence-electron chi connectivity index (χ1n) is 4.75. The summed E-state index contributed by atoms with van der Waals surface area (Å²) in [5.41, 5.74) is 1.97. The maximum absolute atomic E-state index is 11.6. The van der Waals surface area contributed by atoms with E-state index in [-0.39, 0.29) is 10.7 Å². The highest BCUT2D eigenvalue weighted by Gasteiger charge is 2.13. The quantitative estimate of drug-likeness (QED) is 0.835. The first kappa shape index (κ1) is 12.7. The van der Waals surface area contributed by atoms with E-state index in [1.54, 1.807) is 0 Å². The minimum absolute atomic E-state index is 0.0120. The van der Waals surface area contributed by atoms with E-state index in [1.165, 1.54) is 0 Å². The summed E-state index contributed by atoms with van der Waals surface area (Å²) in [6.45, 7) is 3.97. The van der Waals surface area contributed by atoms with Crippen LogP contribution in [0.5, 0.6) is 0 Å². The van der Waals surface area contributed by atoms with Gasteiger partial charge in [0.15, 0.2) is 0 Å². The van der Waals surface area contributed by atoms with Gasteiger partial charge in [0, 0.05) is 4.47 Å². The topological polar surface area (TPSA) is 29.1 Å². The van der Waals surface area contributed by atoms with E-state index in [0.29, 0.717) is 0 Å². The van der Waals surface area contributed by atoms with Crippen molar-refractivity contribution in [3.8, 4) is 0 Å². The number of hydrogen-bond donors (Lipinski definition) is 1. The number of benzene rings is 1. The molecule has 0 aliphatic heterocycles. The van der Waals surface area contributed by atoms with Crippen LogP contribution in [-0.2, 0) is 4.79 Å². The van der Waals surface area contributed by atoms with Crippen molar-refractivity contribution < 1.29 is 4.79 Å². The van der Waals surface area contributed by atoms with Crippen LogP contribution in [-0.4, -0.2) is 10.7 Å². The number of rotatable bonds is 3. The molecule has 82 valence electrons. The number of hydrogen-bond acceptors (Lipinski definition) is 1. The number of carbonyl (C=O) groups is 1. The van der Waals surface area contributed by atoms with E-state index in [4.69, 9.17) is 0 Å². The lowest BCUT2D eigenvalue weighted by Gasteiger charge is -2.10. The Balaban J connectivity index is 2.77. The van der Waals surface area contributed by atoms with Gasteiger partial charge < -0.3 is 5.32 Å². The van der Waals surface area contributed by atoms with Gasteiger partial charge in [-0.15, -0.1) is 0 Å². The molecule has 0 radical (unpaired) electrons. The van der Waals surface area contributed by atoms with E-state index in [1.807, 2.05) is 32.0 Å². The monoisotopic (exact) mass is 333 g/mol. The Bertz CT molecular complexity index is 366. The van der Waals surface area contributed by atoms with Crippen molar-refractivity contribution in [2.75, 3.05) is 5.32 Å². The highest BCUT2D eigenvalue weighted by molar-refractivity contribution is 9.10. The molecule has 0 aliphatic rings. The largest absolute Gasteiger partial charge is 0.324 e. The molecule has 2 nitrogen and oxygen atoms in total. The summed E-state index contributed by atoms with van der Waals surface area (Å²) >= 11 is 6.73. The Morgan fingerprint density at radius 2 is 2.20 bits per heavy atom. The minimum Gasteiger partial charge on any atom is -0.324 e. The average molecular weight is 335 g/mol. The fourth-order valence-electron chi connectivity index (χ4n) is 1.12. The summed E-state index contributed by atoms with van der Waals surface area (Å²) in [6.07, 6.45) is 0.773. The Labute approximate surface area is 107 Å². The summed E-state index contributed by atoms with van der Waals surface area (Å²) in [5, 5.41) is 2.86. The fraction of sp³-hybridized carbons (Fsp3) is 0.364. The fourth-order valence-corrected chi connectivity index (χ4v) is 1.82. The van der Waals surface area contributed by atoms with Crippen molar-refractivity contribution in [1.29, 1.82) is 0 Å². The standard InChI is InChI=1S/C11H13Br2NO/c1-3-8(12)11(15)14-10-5-4-7(2)6-9(10)13/h4-6,8H,3H2,1-2H3,(H,14,15). The van der Waals surface area contributed by atoms with Gasteiger partial charge >= 0.3 is 0 Å². The zero-order valence-electron chi connectivity index (χ0n) is 8.68. The summed E-state index contributed by atoms with van der Waals surface area (Å²) in [7, 11) is 0. The lowest BCUT2D eigenvalue weighted by Crippen LogP contribution is -2.22. The number of carbonyl (C=O) groups excluding carboxylic acids is 1. The van der Waals surface area contributed by atoms with Crippen LogP contribution in [0.1, 0.15) is 18.9 Å². The van der Waals surface area contributed by atoms with E-state index < -0.39 is 0 Å². The van der Waals surface area contributed by atoms with Gasteiger partial charge in [0.25, 0.3) is 0 Å². The Morgan fingerprint density at radius 3 is 2.73 bits per heavy atom. The van der Waals surface area contributed by atoms with Gasteiger partial charge in [-0.25, -0.2) is 0 Å². The molecule has 0 aliphatic carbocycles. The Kier molecular flexibility index (Phi) is 4.80. The molecule has 0 saturated heterocycles. The number of aryl methyl sites for hydroxylation is 1. The third-order valence-corrected chi connectivity index (χ3v) is 3.74. The summed E-state index contributed by atoms with van der Waals surface area (Å²) < 4.78 is 0.909. The molecule has 0 saturated carbocycles. The summed E-state index contributed by atoms with van der Waals surface area (Å²) in [4.78, 5) is 11.5. The van der Waals surface area contributed by atoms with Crippen molar-refractivity contribution >= 4 is 43.5 Å². The molecular formula is C11H13Br2NO. The van der Waals surface area contributed by atoms with Crippen LogP contribution in [0.15, 0.2) is 22.7 Å². The summed E-state index contributed by atoms with van der Waals surface area (Å²) in [5.74, 6) is -0.0120. The minimum atomic E-state index is -0.134. The zero-order chi connectivity index (χ0) is 11.4. The van der Waals surface area contributed by atoms with Crippen LogP contribution in [0.3, 0.4) is 0 Å². The molecule has 1 unspecified atom stereocenters. The molecule has 0 heterocycles. The van der Waals surface area contributed by atoms with Crippen molar-refractivity contribution in [3.63, 3.8) is 0 Å². The smallest absolute Gasteiger partial charge is 0.238 e. The molecule has 0 fully saturated rings. The predicted molar refractivity (Wildman–Crippen MR) is 70.5 cm³/mol. The van der Waals surface area contributed by atoms with Crippen LogP contribution < -0.4 is 5.32 Å². The van der Waals surface area contributed by atoms with Crippen molar-refractivity contribution in [3.05, 3.63) is 28.2 Å². The van der Waals surface area contributed by atoms with Gasteiger partial charge in [-0.1, -0.05) is 28.9 Å². The first-order valence-corrected chi connectivity index (χ1v) is 6.46. The SMILES string of the molecule is CCC(Br)C(=O)Nc1ccc(C)cc1Br. The van der Waals surface area contributed by atoms with Gasteiger partial charge in [-0.05, 0) is 47.0 Å². The zero-order valence-corrected chi connectivity index (χ0v) is 11.9. The highest BCUT2D eigenvalue weighted by atomic mass is 79.9. The van der Waals surface area contributed by atoms with Gasteiger partial charge in [0.05, 0.1) is 10.5 Å². The molecule has 0 bridgehead atoms. The maximum atomic E-state index is 11.6. The number of nitrogens with one attached hydrogen (secondary N) is 1. The van der Waals surface area contributed by atoms with Crippen LogP contribution in [0, 0.1) is 6.92 Å². The lowest BCUT2D eigenvalue weighted by molar-refractivity contribution is -0.115. The molecule has 1 aromatic rings. The second kappa shape index (κ2) is 5.66. The van der Waals surface area contributed by atoms with E-state index in [0.717, 1.165) is 22.1 Å². The lowest BCUT2D eigenvalue weighted by atomic mass is 10.2. The van der Waals surface area contributed by atoms with E-state index in [9.17, 15) is 4.79 Å². The summed E-state index contributed by atoms with van der Waals surface area (Å²) in [6, 6.07) is 5.84.